The molecule has 0 bridgehead atoms. The van der Waals surface area contributed by atoms with Crippen molar-refractivity contribution < 1.29 is 19.8 Å². The van der Waals surface area contributed by atoms with E-state index < -0.39 is 5.97 Å². The SMILES string of the molecule is C=CCC(=O)N(CCO)c1ccc(C(=O)O)cc1. The van der Waals surface area contributed by atoms with Crippen molar-refractivity contribution in [3.05, 3.63) is 42.5 Å². The quantitative estimate of drug-likeness (QED) is 0.745. The first-order chi connectivity index (χ1) is 8.60. The molecule has 0 fully saturated rings. The second-order valence-electron chi connectivity index (χ2n) is 3.61. The molecule has 0 unspecified atom stereocenters. The summed E-state index contributed by atoms with van der Waals surface area (Å²) in [6.45, 7) is 3.49. The molecule has 1 aromatic carbocycles. The van der Waals surface area contributed by atoms with E-state index in [1.165, 1.54) is 23.1 Å². The maximum atomic E-state index is 11.8. The van der Waals surface area contributed by atoms with E-state index in [4.69, 9.17) is 10.2 Å². The van der Waals surface area contributed by atoms with Crippen LogP contribution in [0.15, 0.2) is 36.9 Å². The van der Waals surface area contributed by atoms with Crippen LogP contribution in [0.4, 0.5) is 5.69 Å². The lowest BCUT2D eigenvalue weighted by Crippen LogP contribution is -2.33. The Morgan fingerprint density at radius 2 is 1.89 bits per heavy atom. The Bertz CT molecular complexity index is 439. The molecule has 0 aliphatic carbocycles. The van der Waals surface area contributed by atoms with Crippen LogP contribution in [0.2, 0.25) is 0 Å². The number of benzene rings is 1. The van der Waals surface area contributed by atoms with Crippen LogP contribution >= 0.6 is 0 Å². The molecule has 0 atom stereocenters. The summed E-state index contributed by atoms with van der Waals surface area (Å²) in [4.78, 5) is 23.9. The number of rotatable bonds is 6. The first-order valence-electron chi connectivity index (χ1n) is 5.45. The molecule has 0 radical (unpaired) electrons. The first kappa shape index (κ1) is 13.9. The van der Waals surface area contributed by atoms with Crippen LogP contribution in [-0.2, 0) is 4.79 Å². The van der Waals surface area contributed by atoms with Crippen molar-refractivity contribution in [3.8, 4) is 0 Å². The minimum absolute atomic E-state index is 0.152. The molecule has 5 heteroatoms. The zero-order valence-electron chi connectivity index (χ0n) is 9.87. The van der Waals surface area contributed by atoms with Crippen molar-refractivity contribution in [2.75, 3.05) is 18.1 Å². The molecule has 0 aromatic heterocycles. The Balaban J connectivity index is 2.94. The molecule has 1 aromatic rings. The van der Waals surface area contributed by atoms with Crippen molar-refractivity contribution in [1.82, 2.24) is 0 Å². The number of carboxylic acid groups (broad SMARTS) is 1. The smallest absolute Gasteiger partial charge is 0.335 e. The van der Waals surface area contributed by atoms with Gasteiger partial charge in [0.05, 0.1) is 12.2 Å². The van der Waals surface area contributed by atoms with Gasteiger partial charge in [0.15, 0.2) is 0 Å². The van der Waals surface area contributed by atoms with Gasteiger partial charge in [-0.2, -0.15) is 0 Å². The van der Waals surface area contributed by atoms with Gasteiger partial charge < -0.3 is 15.1 Å². The molecule has 0 heterocycles. The number of aliphatic hydroxyl groups excluding tert-OH is 1. The standard InChI is InChI=1S/C13H15NO4/c1-2-3-12(16)14(8-9-15)11-6-4-10(5-7-11)13(17)18/h2,4-7,15H,1,3,8-9H2,(H,17,18). The summed E-state index contributed by atoms with van der Waals surface area (Å²) in [6.07, 6.45) is 1.65. The molecule has 2 N–H and O–H groups in total. The summed E-state index contributed by atoms with van der Waals surface area (Å²) in [5.41, 5.74) is 0.708. The molecule has 18 heavy (non-hydrogen) atoms. The predicted octanol–water partition coefficient (Wildman–Crippen LogP) is 1.29. The third-order valence-electron chi connectivity index (χ3n) is 2.37. The molecule has 0 aliphatic rings. The molecular formula is C13H15NO4. The lowest BCUT2D eigenvalue weighted by atomic mass is 10.2. The van der Waals surface area contributed by atoms with Crippen LogP contribution < -0.4 is 4.90 Å². The van der Waals surface area contributed by atoms with Gasteiger partial charge in [-0.05, 0) is 24.3 Å². The van der Waals surface area contributed by atoms with E-state index in [9.17, 15) is 9.59 Å². The largest absolute Gasteiger partial charge is 0.478 e. The van der Waals surface area contributed by atoms with E-state index in [1.807, 2.05) is 0 Å². The number of nitrogens with zero attached hydrogens (tertiary/aromatic N) is 1. The number of anilines is 1. The van der Waals surface area contributed by atoms with E-state index >= 15 is 0 Å². The lowest BCUT2D eigenvalue weighted by Gasteiger charge is -2.21. The maximum Gasteiger partial charge on any atom is 0.335 e. The highest BCUT2D eigenvalue weighted by molar-refractivity contribution is 5.95. The fourth-order valence-corrected chi connectivity index (χ4v) is 1.52. The second kappa shape index (κ2) is 6.56. The van der Waals surface area contributed by atoms with Gasteiger partial charge in [0.2, 0.25) is 5.91 Å². The van der Waals surface area contributed by atoms with Crippen LogP contribution in [0, 0.1) is 0 Å². The minimum Gasteiger partial charge on any atom is -0.478 e. The Hall–Kier alpha value is -2.14. The number of amides is 1. The Kier molecular flexibility index (Phi) is 5.07. The molecule has 5 nitrogen and oxygen atoms in total. The fraction of sp³-hybridized carbons (Fsp3) is 0.231. The van der Waals surface area contributed by atoms with E-state index in [0.717, 1.165) is 0 Å². The van der Waals surface area contributed by atoms with Crippen LogP contribution in [0.5, 0.6) is 0 Å². The highest BCUT2D eigenvalue weighted by Gasteiger charge is 2.14. The third-order valence-corrected chi connectivity index (χ3v) is 2.37. The minimum atomic E-state index is -1.02. The summed E-state index contributed by atoms with van der Waals surface area (Å²) >= 11 is 0. The van der Waals surface area contributed by atoms with Gasteiger partial charge in [0.1, 0.15) is 0 Å². The predicted molar refractivity (Wildman–Crippen MR) is 67.7 cm³/mol. The summed E-state index contributed by atoms with van der Waals surface area (Å²) in [6, 6.07) is 5.92. The zero-order chi connectivity index (χ0) is 13.5. The number of aromatic carboxylic acids is 1. The van der Waals surface area contributed by atoms with Gasteiger partial charge in [-0.25, -0.2) is 4.79 Å². The normalized spacial score (nSPS) is 9.83. The molecule has 0 aliphatic heterocycles. The molecule has 1 rings (SSSR count). The van der Waals surface area contributed by atoms with E-state index in [1.54, 1.807) is 12.1 Å². The number of carboxylic acids is 1. The summed E-state index contributed by atoms with van der Waals surface area (Å²) < 4.78 is 0. The summed E-state index contributed by atoms with van der Waals surface area (Å²) in [7, 11) is 0. The number of carbonyl (C=O) groups is 2. The Morgan fingerprint density at radius 1 is 1.28 bits per heavy atom. The van der Waals surface area contributed by atoms with Gasteiger partial charge in [-0.15, -0.1) is 6.58 Å². The second-order valence-corrected chi connectivity index (χ2v) is 3.61. The van der Waals surface area contributed by atoms with Crippen LogP contribution in [-0.4, -0.2) is 35.2 Å². The van der Waals surface area contributed by atoms with Crippen molar-refractivity contribution >= 4 is 17.6 Å². The van der Waals surface area contributed by atoms with Crippen molar-refractivity contribution in [2.45, 2.75) is 6.42 Å². The van der Waals surface area contributed by atoms with Gasteiger partial charge in [-0.1, -0.05) is 6.08 Å². The topological polar surface area (TPSA) is 77.8 Å². The monoisotopic (exact) mass is 249 g/mol. The zero-order valence-corrected chi connectivity index (χ0v) is 9.87. The number of hydrogen-bond acceptors (Lipinski definition) is 3. The molecule has 0 saturated heterocycles. The molecule has 0 spiro atoms. The van der Waals surface area contributed by atoms with Crippen molar-refractivity contribution in [2.24, 2.45) is 0 Å². The van der Waals surface area contributed by atoms with Gasteiger partial charge in [0.25, 0.3) is 0 Å². The van der Waals surface area contributed by atoms with Crippen LogP contribution in [0.1, 0.15) is 16.8 Å². The van der Waals surface area contributed by atoms with Gasteiger partial charge >= 0.3 is 5.97 Å². The van der Waals surface area contributed by atoms with Crippen LogP contribution in [0.3, 0.4) is 0 Å². The Labute approximate surface area is 105 Å². The number of aliphatic hydroxyl groups is 1. The summed E-state index contributed by atoms with van der Waals surface area (Å²) in [5, 5.41) is 17.7. The maximum absolute atomic E-state index is 11.8. The first-order valence-corrected chi connectivity index (χ1v) is 5.45. The average molecular weight is 249 g/mol. The molecule has 0 saturated carbocycles. The van der Waals surface area contributed by atoms with Crippen molar-refractivity contribution in [3.63, 3.8) is 0 Å². The highest BCUT2D eigenvalue weighted by Crippen LogP contribution is 2.16. The highest BCUT2D eigenvalue weighted by atomic mass is 16.4. The fourth-order valence-electron chi connectivity index (χ4n) is 1.52. The van der Waals surface area contributed by atoms with E-state index in [2.05, 4.69) is 6.58 Å². The summed E-state index contributed by atoms with van der Waals surface area (Å²) in [5.74, 6) is -1.21. The number of carbonyl (C=O) groups excluding carboxylic acids is 1. The lowest BCUT2D eigenvalue weighted by molar-refractivity contribution is -0.117. The van der Waals surface area contributed by atoms with Crippen molar-refractivity contribution in [1.29, 1.82) is 0 Å². The molecule has 1 amide bonds. The number of hydrogen-bond donors (Lipinski definition) is 2. The molecule has 96 valence electrons. The third kappa shape index (κ3) is 3.43. The average Bonchev–Trinajstić information content (AvgIpc) is 2.36. The molecular weight excluding hydrogens is 234 g/mol. The van der Waals surface area contributed by atoms with Gasteiger partial charge in [-0.3, -0.25) is 4.79 Å². The van der Waals surface area contributed by atoms with E-state index in [0.29, 0.717) is 5.69 Å². The van der Waals surface area contributed by atoms with E-state index in [-0.39, 0.29) is 31.0 Å². The van der Waals surface area contributed by atoms with Crippen LogP contribution in [0.25, 0.3) is 0 Å². The Morgan fingerprint density at radius 3 is 2.33 bits per heavy atom. The van der Waals surface area contributed by atoms with Gasteiger partial charge in [0, 0.05) is 18.7 Å².